The highest BCUT2D eigenvalue weighted by Crippen LogP contribution is 2.33. The number of aromatic nitrogens is 2. The lowest BCUT2D eigenvalue weighted by atomic mass is 10.2. The highest BCUT2D eigenvalue weighted by atomic mass is 32.2. The van der Waals surface area contributed by atoms with Gasteiger partial charge in [0.15, 0.2) is 5.82 Å². The molecule has 2 aromatic carbocycles. The van der Waals surface area contributed by atoms with Crippen molar-refractivity contribution in [3.63, 3.8) is 0 Å². The lowest BCUT2D eigenvalue weighted by Gasteiger charge is -2.13. The lowest BCUT2D eigenvalue weighted by molar-refractivity contribution is 0.395. The Hall–Kier alpha value is -2.80. The van der Waals surface area contributed by atoms with Gasteiger partial charge in [0.1, 0.15) is 11.5 Å². The zero-order valence-corrected chi connectivity index (χ0v) is 14.9. The summed E-state index contributed by atoms with van der Waals surface area (Å²) < 4.78 is 37.7. The van der Waals surface area contributed by atoms with Crippen LogP contribution in [0.25, 0.3) is 11.4 Å². The van der Waals surface area contributed by atoms with Crippen LogP contribution < -0.4 is 9.47 Å². The Bertz CT molecular complexity index is 992. The summed E-state index contributed by atoms with van der Waals surface area (Å²) in [6, 6.07) is 11.8. The molecule has 0 saturated carbocycles. The predicted molar refractivity (Wildman–Crippen MR) is 94.5 cm³/mol. The summed E-state index contributed by atoms with van der Waals surface area (Å²) in [7, 11) is -0.698. The summed E-state index contributed by atoms with van der Waals surface area (Å²) in [6.45, 7) is 1.90. The van der Waals surface area contributed by atoms with Crippen LogP contribution in [0.4, 0.5) is 0 Å². The molecule has 0 saturated heterocycles. The second-order valence-corrected chi connectivity index (χ2v) is 7.25. The van der Waals surface area contributed by atoms with E-state index in [9.17, 15) is 8.42 Å². The number of rotatable bonds is 5. The molecule has 0 aliphatic carbocycles. The summed E-state index contributed by atoms with van der Waals surface area (Å²) in [4.78, 5) is 4.42. The Morgan fingerprint density at radius 3 is 2.36 bits per heavy atom. The van der Waals surface area contributed by atoms with Crippen LogP contribution in [0.3, 0.4) is 0 Å². The van der Waals surface area contributed by atoms with Gasteiger partial charge in [-0.1, -0.05) is 17.7 Å². The van der Waals surface area contributed by atoms with Crippen molar-refractivity contribution < 1.29 is 17.9 Å². The van der Waals surface area contributed by atoms with E-state index in [0.717, 1.165) is 9.54 Å². The molecule has 3 aromatic rings. The molecule has 1 heterocycles. The van der Waals surface area contributed by atoms with Crippen molar-refractivity contribution >= 4 is 10.0 Å². The molecule has 1 aromatic heterocycles. The molecule has 0 atom stereocenters. The Balaban J connectivity index is 2.14. The number of imidazole rings is 1. The van der Waals surface area contributed by atoms with Gasteiger partial charge >= 0.3 is 0 Å². The van der Waals surface area contributed by atoms with Crippen LogP contribution in [-0.4, -0.2) is 31.6 Å². The molecule has 0 radical (unpaired) electrons. The monoisotopic (exact) mass is 358 g/mol. The molecule has 3 rings (SSSR count). The molecule has 0 fully saturated rings. The third-order valence-corrected chi connectivity index (χ3v) is 5.52. The van der Waals surface area contributed by atoms with Crippen LogP contribution >= 0.6 is 0 Å². The van der Waals surface area contributed by atoms with Gasteiger partial charge in [-0.15, -0.1) is 0 Å². The second-order valence-electron chi connectivity index (χ2n) is 5.43. The first-order chi connectivity index (χ1) is 12.0. The van der Waals surface area contributed by atoms with Crippen LogP contribution in [0.5, 0.6) is 11.5 Å². The SMILES string of the molecule is COc1ccc(-c2nccn2S(=O)(=O)c2ccc(C)cc2)c(OC)c1. The van der Waals surface area contributed by atoms with Gasteiger partial charge in [0.2, 0.25) is 0 Å². The summed E-state index contributed by atoms with van der Waals surface area (Å²) >= 11 is 0. The van der Waals surface area contributed by atoms with Crippen molar-refractivity contribution in [2.45, 2.75) is 11.8 Å². The molecule has 6 nitrogen and oxygen atoms in total. The zero-order valence-electron chi connectivity index (χ0n) is 14.1. The number of ether oxygens (including phenoxy) is 2. The van der Waals surface area contributed by atoms with Crippen LogP contribution in [0, 0.1) is 6.92 Å². The van der Waals surface area contributed by atoms with Crippen molar-refractivity contribution in [3.05, 3.63) is 60.4 Å². The van der Waals surface area contributed by atoms with Gasteiger partial charge in [0.05, 0.1) is 24.7 Å². The number of aryl methyl sites for hydroxylation is 1. The summed E-state index contributed by atoms with van der Waals surface area (Å²) in [6.07, 6.45) is 2.87. The minimum Gasteiger partial charge on any atom is -0.497 e. The molecule has 0 unspecified atom stereocenters. The molecular weight excluding hydrogens is 340 g/mol. The maximum atomic E-state index is 13.0. The van der Waals surface area contributed by atoms with Crippen LogP contribution in [-0.2, 0) is 10.0 Å². The first kappa shape index (κ1) is 17.0. The number of nitrogens with zero attached hydrogens (tertiary/aromatic N) is 2. The number of hydrogen-bond acceptors (Lipinski definition) is 5. The normalized spacial score (nSPS) is 11.3. The van der Waals surface area contributed by atoms with Crippen LogP contribution in [0.1, 0.15) is 5.56 Å². The molecule has 0 aliphatic heterocycles. The molecule has 7 heteroatoms. The quantitative estimate of drug-likeness (QED) is 0.701. The fourth-order valence-corrected chi connectivity index (χ4v) is 3.78. The maximum Gasteiger partial charge on any atom is 0.269 e. The summed E-state index contributed by atoms with van der Waals surface area (Å²) in [5.41, 5.74) is 1.55. The fourth-order valence-electron chi connectivity index (χ4n) is 2.48. The molecular formula is C18H18N2O4S. The molecule has 0 N–H and O–H groups in total. The smallest absolute Gasteiger partial charge is 0.269 e. The Kier molecular flexibility index (Phi) is 4.50. The van der Waals surface area contributed by atoms with Gasteiger partial charge in [-0.25, -0.2) is 17.4 Å². The molecule has 0 spiro atoms. The Morgan fingerprint density at radius 2 is 1.72 bits per heavy atom. The van der Waals surface area contributed by atoms with Gasteiger partial charge in [0.25, 0.3) is 10.0 Å². The summed E-state index contributed by atoms with van der Waals surface area (Å²) in [5.74, 6) is 1.37. The van der Waals surface area contributed by atoms with Crippen LogP contribution in [0.2, 0.25) is 0 Å². The first-order valence-corrected chi connectivity index (χ1v) is 8.99. The largest absolute Gasteiger partial charge is 0.497 e. The molecule has 0 bridgehead atoms. The van der Waals surface area contributed by atoms with Gasteiger partial charge in [-0.05, 0) is 31.2 Å². The third-order valence-electron chi connectivity index (χ3n) is 3.84. The minimum absolute atomic E-state index is 0.199. The average Bonchev–Trinajstić information content (AvgIpc) is 3.12. The van der Waals surface area contributed by atoms with E-state index in [2.05, 4.69) is 4.98 Å². The highest BCUT2D eigenvalue weighted by molar-refractivity contribution is 7.90. The van der Waals surface area contributed by atoms with Crippen LogP contribution in [0.15, 0.2) is 59.8 Å². The Morgan fingerprint density at radius 1 is 1.00 bits per heavy atom. The number of methoxy groups -OCH3 is 2. The average molecular weight is 358 g/mol. The first-order valence-electron chi connectivity index (χ1n) is 7.55. The number of benzene rings is 2. The summed E-state index contributed by atoms with van der Waals surface area (Å²) in [5, 5.41) is 0. The van der Waals surface area contributed by atoms with Crippen molar-refractivity contribution in [1.82, 2.24) is 8.96 Å². The van der Waals surface area contributed by atoms with E-state index in [1.807, 2.05) is 6.92 Å². The maximum absolute atomic E-state index is 13.0. The Labute approximate surface area is 146 Å². The van der Waals surface area contributed by atoms with E-state index in [0.29, 0.717) is 17.1 Å². The standard InChI is InChI=1S/C18H18N2O4S/c1-13-4-7-15(8-5-13)25(21,22)20-11-10-19-18(20)16-9-6-14(23-2)12-17(16)24-3/h4-12H,1-3H3. The van der Waals surface area contributed by atoms with Gasteiger partial charge < -0.3 is 9.47 Å². The van der Waals surface area contributed by atoms with E-state index in [4.69, 9.17) is 9.47 Å². The molecule has 0 amide bonds. The van der Waals surface area contributed by atoms with E-state index in [-0.39, 0.29) is 10.7 Å². The van der Waals surface area contributed by atoms with Crippen molar-refractivity contribution in [3.8, 4) is 22.9 Å². The predicted octanol–water partition coefficient (Wildman–Crippen LogP) is 3.11. The molecule has 0 aliphatic rings. The highest BCUT2D eigenvalue weighted by Gasteiger charge is 2.23. The van der Waals surface area contributed by atoms with Gasteiger partial charge in [0, 0.05) is 18.5 Å². The number of hydrogen-bond donors (Lipinski definition) is 0. The zero-order chi connectivity index (χ0) is 18.0. The fraction of sp³-hybridized carbons (Fsp3) is 0.167. The lowest BCUT2D eigenvalue weighted by Crippen LogP contribution is -2.13. The van der Waals surface area contributed by atoms with E-state index >= 15 is 0 Å². The van der Waals surface area contributed by atoms with E-state index < -0.39 is 10.0 Å². The minimum atomic E-state index is -3.76. The third kappa shape index (κ3) is 3.10. The van der Waals surface area contributed by atoms with Gasteiger partial charge in [-0.3, -0.25) is 0 Å². The van der Waals surface area contributed by atoms with Gasteiger partial charge in [-0.2, -0.15) is 0 Å². The topological polar surface area (TPSA) is 70.4 Å². The second kappa shape index (κ2) is 6.60. The van der Waals surface area contributed by atoms with Crippen molar-refractivity contribution in [2.75, 3.05) is 14.2 Å². The van der Waals surface area contributed by atoms with E-state index in [1.165, 1.54) is 19.5 Å². The van der Waals surface area contributed by atoms with Crippen molar-refractivity contribution in [2.24, 2.45) is 0 Å². The molecule has 25 heavy (non-hydrogen) atoms. The van der Waals surface area contributed by atoms with Crippen molar-refractivity contribution in [1.29, 1.82) is 0 Å². The van der Waals surface area contributed by atoms with E-state index in [1.54, 1.807) is 49.6 Å². The molecule has 130 valence electrons.